The zero-order valence-corrected chi connectivity index (χ0v) is 23.9. The second-order valence-electron chi connectivity index (χ2n) is 10.2. The molecule has 0 aliphatic rings. The van der Waals surface area contributed by atoms with E-state index in [1.165, 1.54) is 17.0 Å². The van der Waals surface area contributed by atoms with Crippen LogP contribution in [0.25, 0.3) is 0 Å². The van der Waals surface area contributed by atoms with Gasteiger partial charge in [0.15, 0.2) is 0 Å². The van der Waals surface area contributed by atoms with E-state index >= 15 is 0 Å². The van der Waals surface area contributed by atoms with Crippen molar-refractivity contribution in [1.29, 1.82) is 0 Å². The van der Waals surface area contributed by atoms with Crippen LogP contribution in [0.1, 0.15) is 39.7 Å². The summed E-state index contributed by atoms with van der Waals surface area (Å²) in [5.74, 6) is -0.132. The number of ether oxygens (including phenoxy) is 1. The first-order valence-corrected chi connectivity index (χ1v) is 14.3. The Labute approximate surface area is 231 Å². The summed E-state index contributed by atoms with van der Waals surface area (Å²) in [6.07, 6.45) is 0.348. The highest BCUT2D eigenvalue weighted by Gasteiger charge is 2.34. The van der Waals surface area contributed by atoms with Crippen LogP contribution in [-0.2, 0) is 26.2 Å². The van der Waals surface area contributed by atoms with Gasteiger partial charge in [-0.2, -0.15) is 0 Å². The molecule has 3 aromatic carbocycles. The van der Waals surface area contributed by atoms with Gasteiger partial charge >= 0.3 is 0 Å². The molecule has 208 valence electrons. The van der Waals surface area contributed by atoms with Gasteiger partial charge in [0.25, 0.3) is 10.0 Å². The third-order valence-electron chi connectivity index (χ3n) is 6.05. The summed E-state index contributed by atoms with van der Waals surface area (Å²) in [4.78, 5) is 28.9. The lowest BCUT2D eigenvalue weighted by Crippen LogP contribution is -2.55. The number of para-hydroxylation sites is 1. The number of nitrogens with zero attached hydrogens (tertiary/aromatic N) is 2. The molecule has 39 heavy (non-hydrogen) atoms. The fraction of sp³-hybridized carbons (Fsp3) is 0.333. The molecule has 0 spiro atoms. The summed E-state index contributed by atoms with van der Waals surface area (Å²) in [5, 5.41) is 2.97. The normalized spacial score (nSPS) is 12.3. The summed E-state index contributed by atoms with van der Waals surface area (Å²) in [7, 11) is -2.51. The SMILES string of the molecule is CCC(C(=O)NC(C)(C)C)N(Cc1ccc(OC)cc1)C(=O)CN(c1ccccc1)S(=O)(=O)c1ccccc1. The third-order valence-corrected chi connectivity index (χ3v) is 7.84. The van der Waals surface area contributed by atoms with Gasteiger partial charge < -0.3 is 15.0 Å². The predicted octanol–water partition coefficient (Wildman–Crippen LogP) is 4.61. The van der Waals surface area contributed by atoms with Crippen molar-refractivity contribution in [2.45, 2.75) is 57.1 Å². The number of hydrogen-bond donors (Lipinski definition) is 1. The number of amides is 2. The van der Waals surface area contributed by atoms with Crippen molar-refractivity contribution in [1.82, 2.24) is 10.2 Å². The molecule has 0 saturated heterocycles. The van der Waals surface area contributed by atoms with Crippen LogP contribution in [0.5, 0.6) is 5.75 Å². The molecule has 9 heteroatoms. The van der Waals surface area contributed by atoms with E-state index in [1.54, 1.807) is 67.8 Å². The van der Waals surface area contributed by atoms with Crippen LogP contribution >= 0.6 is 0 Å². The number of rotatable bonds is 11. The molecule has 1 N–H and O–H groups in total. The van der Waals surface area contributed by atoms with Crippen LogP contribution in [0.2, 0.25) is 0 Å². The van der Waals surface area contributed by atoms with Gasteiger partial charge in [0.05, 0.1) is 17.7 Å². The van der Waals surface area contributed by atoms with Gasteiger partial charge in [0.1, 0.15) is 18.3 Å². The molecule has 1 atom stereocenters. The highest BCUT2D eigenvalue weighted by Crippen LogP contribution is 2.25. The fourth-order valence-corrected chi connectivity index (χ4v) is 5.58. The molecule has 2 amide bonds. The van der Waals surface area contributed by atoms with E-state index in [9.17, 15) is 18.0 Å². The zero-order chi connectivity index (χ0) is 28.6. The average molecular weight is 552 g/mol. The van der Waals surface area contributed by atoms with Gasteiger partial charge in [-0.05, 0) is 69.2 Å². The molecule has 1 unspecified atom stereocenters. The molecular weight excluding hydrogens is 514 g/mol. The standard InChI is InChI=1S/C30H37N3O5S/c1-6-27(29(35)31-30(2,3)4)32(21-23-17-19-25(38-5)20-18-23)28(34)22-33(24-13-9-7-10-14-24)39(36,37)26-15-11-8-12-16-26/h7-20,27H,6,21-22H2,1-5H3,(H,31,35). The monoisotopic (exact) mass is 551 g/mol. The van der Waals surface area contributed by atoms with Crippen molar-refractivity contribution in [3.05, 3.63) is 90.5 Å². The largest absolute Gasteiger partial charge is 0.497 e. The molecule has 0 radical (unpaired) electrons. The Morgan fingerprint density at radius 3 is 1.97 bits per heavy atom. The Morgan fingerprint density at radius 2 is 1.46 bits per heavy atom. The van der Waals surface area contributed by atoms with Gasteiger partial charge in [0, 0.05) is 12.1 Å². The van der Waals surface area contributed by atoms with Crippen molar-refractivity contribution < 1.29 is 22.7 Å². The van der Waals surface area contributed by atoms with Crippen LogP contribution in [0, 0.1) is 0 Å². The van der Waals surface area contributed by atoms with Crippen LogP contribution < -0.4 is 14.4 Å². The van der Waals surface area contributed by atoms with E-state index in [4.69, 9.17) is 4.74 Å². The van der Waals surface area contributed by atoms with E-state index in [2.05, 4.69) is 5.32 Å². The van der Waals surface area contributed by atoms with Gasteiger partial charge in [-0.15, -0.1) is 0 Å². The van der Waals surface area contributed by atoms with E-state index < -0.39 is 34.1 Å². The quantitative estimate of drug-likeness (QED) is 0.375. The fourth-order valence-electron chi connectivity index (χ4n) is 4.14. The minimum Gasteiger partial charge on any atom is -0.497 e. The first kappa shape index (κ1) is 29.7. The van der Waals surface area contributed by atoms with Crippen LogP contribution in [0.15, 0.2) is 89.8 Å². The molecule has 0 fully saturated rings. The maximum absolute atomic E-state index is 14.0. The topological polar surface area (TPSA) is 96.0 Å². The molecule has 3 aromatic rings. The molecule has 3 rings (SSSR count). The number of hydrogen-bond acceptors (Lipinski definition) is 5. The van der Waals surface area contributed by atoms with Crippen LogP contribution in [0.4, 0.5) is 5.69 Å². The zero-order valence-electron chi connectivity index (χ0n) is 23.1. The number of sulfonamides is 1. The summed E-state index contributed by atoms with van der Waals surface area (Å²) in [6.45, 7) is 7.09. The molecule has 0 aromatic heterocycles. The maximum Gasteiger partial charge on any atom is 0.264 e. The molecule has 0 aliphatic heterocycles. The number of carbonyl (C=O) groups is 2. The van der Waals surface area contributed by atoms with Gasteiger partial charge in [-0.1, -0.05) is 55.5 Å². The third kappa shape index (κ3) is 7.83. The highest BCUT2D eigenvalue weighted by atomic mass is 32.2. The summed E-state index contributed by atoms with van der Waals surface area (Å²) >= 11 is 0. The van der Waals surface area contributed by atoms with Crippen LogP contribution in [0.3, 0.4) is 0 Å². The van der Waals surface area contributed by atoms with E-state index in [1.807, 2.05) is 39.8 Å². The molecule has 0 heterocycles. The predicted molar refractivity (Wildman–Crippen MR) is 153 cm³/mol. The maximum atomic E-state index is 14.0. The summed E-state index contributed by atoms with van der Waals surface area (Å²) in [6, 6.07) is 22.9. The molecule has 0 bridgehead atoms. The van der Waals surface area contributed by atoms with Gasteiger partial charge in [0.2, 0.25) is 11.8 Å². The molecule has 8 nitrogen and oxygen atoms in total. The van der Waals surface area contributed by atoms with E-state index in [-0.39, 0.29) is 17.3 Å². The smallest absolute Gasteiger partial charge is 0.264 e. The van der Waals surface area contributed by atoms with Crippen molar-refractivity contribution in [3.8, 4) is 5.75 Å². The first-order valence-electron chi connectivity index (χ1n) is 12.8. The Morgan fingerprint density at radius 1 is 0.897 bits per heavy atom. The minimum atomic E-state index is -4.08. The minimum absolute atomic E-state index is 0.0703. The lowest BCUT2D eigenvalue weighted by molar-refractivity contribution is -0.141. The number of nitrogens with one attached hydrogen (secondary N) is 1. The second kappa shape index (κ2) is 12.8. The number of carbonyl (C=O) groups excluding carboxylic acids is 2. The summed E-state index contributed by atoms with van der Waals surface area (Å²) < 4.78 is 33.8. The molecule has 0 saturated carbocycles. The van der Waals surface area contributed by atoms with E-state index in [0.29, 0.717) is 17.9 Å². The van der Waals surface area contributed by atoms with E-state index in [0.717, 1.165) is 9.87 Å². The summed E-state index contributed by atoms with van der Waals surface area (Å²) in [5.41, 5.74) is 0.626. The van der Waals surface area contributed by atoms with Crippen molar-refractivity contribution in [3.63, 3.8) is 0 Å². The molecular formula is C30H37N3O5S. The lowest BCUT2D eigenvalue weighted by atomic mass is 10.1. The van der Waals surface area contributed by atoms with Crippen LogP contribution in [-0.4, -0.2) is 50.4 Å². The highest BCUT2D eigenvalue weighted by molar-refractivity contribution is 7.92. The Kier molecular flexibility index (Phi) is 9.75. The van der Waals surface area contributed by atoms with Gasteiger partial charge in [-0.25, -0.2) is 8.42 Å². The second-order valence-corrected chi connectivity index (χ2v) is 12.1. The molecule has 0 aliphatic carbocycles. The number of anilines is 1. The Bertz CT molecular complexity index is 1340. The van der Waals surface area contributed by atoms with Crippen molar-refractivity contribution in [2.24, 2.45) is 0 Å². The first-order chi connectivity index (χ1) is 18.5. The lowest BCUT2D eigenvalue weighted by Gasteiger charge is -2.34. The van der Waals surface area contributed by atoms with Crippen molar-refractivity contribution in [2.75, 3.05) is 18.0 Å². The Balaban J connectivity index is 2.03. The van der Waals surface area contributed by atoms with Gasteiger partial charge in [-0.3, -0.25) is 13.9 Å². The van der Waals surface area contributed by atoms with Crippen molar-refractivity contribution >= 4 is 27.5 Å². The number of benzene rings is 3. The Hall–Kier alpha value is -3.85. The average Bonchev–Trinajstić information content (AvgIpc) is 2.91. The number of methoxy groups -OCH3 is 1.